The minimum Gasteiger partial charge on any atom is -0.310 e. The van der Waals surface area contributed by atoms with Crippen LogP contribution in [0.15, 0.2) is 29.1 Å². The summed E-state index contributed by atoms with van der Waals surface area (Å²) in [4.78, 5) is 18.2. The lowest BCUT2D eigenvalue weighted by atomic mass is 10.1. The molecule has 0 unspecified atom stereocenters. The van der Waals surface area contributed by atoms with Crippen LogP contribution in [0.3, 0.4) is 0 Å². The van der Waals surface area contributed by atoms with Gasteiger partial charge in [0, 0.05) is 17.5 Å². The predicted octanol–water partition coefficient (Wildman–Crippen LogP) is 3.72. The molecule has 1 aromatic heterocycles. The molecular formula is C14H12F4N2O. The number of nitrogens with zero attached hydrogens (tertiary/aromatic N) is 1. The lowest BCUT2D eigenvalue weighted by Crippen LogP contribution is -2.12. The molecule has 0 bridgehead atoms. The molecule has 2 aromatic rings. The summed E-state index contributed by atoms with van der Waals surface area (Å²) in [6, 6.07) is 3.59. The van der Waals surface area contributed by atoms with Crippen molar-refractivity contribution in [3.63, 3.8) is 0 Å². The molecule has 0 atom stereocenters. The average molecular weight is 300 g/mol. The Labute approximate surface area is 117 Å². The van der Waals surface area contributed by atoms with Gasteiger partial charge in [0.2, 0.25) is 0 Å². The smallest absolute Gasteiger partial charge is 0.310 e. The monoisotopic (exact) mass is 300 g/mol. The van der Waals surface area contributed by atoms with Gasteiger partial charge in [-0.05, 0) is 12.1 Å². The maximum Gasteiger partial charge on any atom is 0.419 e. The number of alkyl halides is 3. The number of hydrogen-bond acceptors (Lipinski definition) is 2. The Balaban J connectivity index is 2.53. The molecule has 0 radical (unpaired) electrons. The molecule has 112 valence electrons. The molecule has 3 nitrogen and oxygen atoms in total. The number of aromatic amines is 1. The maximum absolute atomic E-state index is 13.6. The zero-order valence-electron chi connectivity index (χ0n) is 11.3. The molecule has 1 aromatic carbocycles. The summed E-state index contributed by atoms with van der Waals surface area (Å²) in [6.07, 6.45) is -4.76. The van der Waals surface area contributed by atoms with Gasteiger partial charge in [0.15, 0.2) is 0 Å². The minimum atomic E-state index is -4.76. The van der Waals surface area contributed by atoms with Crippen LogP contribution in [0.5, 0.6) is 0 Å². The SMILES string of the molecule is CC(C)c1nc(-c2ccc(C(F)(F)F)c(F)c2)cc(=O)[nH]1. The van der Waals surface area contributed by atoms with Crippen LogP contribution < -0.4 is 5.56 Å². The van der Waals surface area contributed by atoms with Gasteiger partial charge in [0.1, 0.15) is 11.6 Å². The first-order valence-corrected chi connectivity index (χ1v) is 6.17. The highest BCUT2D eigenvalue weighted by Gasteiger charge is 2.34. The van der Waals surface area contributed by atoms with Crippen LogP contribution in [-0.2, 0) is 6.18 Å². The van der Waals surface area contributed by atoms with Crippen LogP contribution in [0.4, 0.5) is 17.6 Å². The van der Waals surface area contributed by atoms with Crippen molar-refractivity contribution in [3.8, 4) is 11.3 Å². The van der Waals surface area contributed by atoms with Crippen LogP contribution in [0.1, 0.15) is 31.2 Å². The van der Waals surface area contributed by atoms with E-state index in [4.69, 9.17) is 0 Å². The summed E-state index contributed by atoms with van der Waals surface area (Å²) in [5.74, 6) is -1.08. The van der Waals surface area contributed by atoms with Crippen molar-refractivity contribution in [2.75, 3.05) is 0 Å². The molecule has 7 heteroatoms. The van der Waals surface area contributed by atoms with E-state index in [9.17, 15) is 22.4 Å². The number of nitrogens with one attached hydrogen (secondary N) is 1. The molecular weight excluding hydrogens is 288 g/mol. The van der Waals surface area contributed by atoms with Crippen molar-refractivity contribution < 1.29 is 17.6 Å². The van der Waals surface area contributed by atoms with Crippen LogP contribution in [0.25, 0.3) is 11.3 Å². The first-order chi connectivity index (χ1) is 9.68. The number of aromatic nitrogens is 2. The maximum atomic E-state index is 13.6. The van der Waals surface area contributed by atoms with Gasteiger partial charge in [-0.2, -0.15) is 13.2 Å². The number of benzene rings is 1. The lowest BCUT2D eigenvalue weighted by molar-refractivity contribution is -0.139. The van der Waals surface area contributed by atoms with E-state index in [1.165, 1.54) is 0 Å². The van der Waals surface area contributed by atoms with E-state index in [1.807, 2.05) is 0 Å². The molecule has 0 fully saturated rings. The Morgan fingerprint density at radius 2 is 1.86 bits per heavy atom. The highest BCUT2D eigenvalue weighted by molar-refractivity contribution is 5.59. The van der Waals surface area contributed by atoms with Gasteiger partial charge >= 0.3 is 6.18 Å². The molecule has 0 aliphatic carbocycles. The fourth-order valence-corrected chi connectivity index (χ4v) is 1.80. The summed E-state index contributed by atoms with van der Waals surface area (Å²) in [6.45, 7) is 3.60. The van der Waals surface area contributed by atoms with Gasteiger partial charge in [0.05, 0.1) is 11.3 Å². The Bertz CT molecular complexity index is 720. The van der Waals surface area contributed by atoms with Crippen molar-refractivity contribution in [2.24, 2.45) is 0 Å². The van der Waals surface area contributed by atoms with Crippen LogP contribution in [0, 0.1) is 5.82 Å². The molecule has 1 N–H and O–H groups in total. The van der Waals surface area contributed by atoms with Crippen LogP contribution in [0.2, 0.25) is 0 Å². The molecule has 0 spiro atoms. The summed E-state index contributed by atoms with van der Waals surface area (Å²) in [5.41, 5.74) is -1.53. The Hall–Kier alpha value is -2.18. The second-order valence-corrected chi connectivity index (χ2v) is 4.86. The third kappa shape index (κ3) is 3.29. The number of hydrogen-bond donors (Lipinski definition) is 1. The standard InChI is InChI=1S/C14H12F4N2O/c1-7(2)13-19-11(6-12(21)20-13)8-3-4-9(10(15)5-8)14(16,17)18/h3-7H,1-2H3,(H,19,20,21). The Morgan fingerprint density at radius 3 is 2.38 bits per heavy atom. The molecule has 1 heterocycles. The molecule has 0 aliphatic heterocycles. The second-order valence-electron chi connectivity index (χ2n) is 4.86. The van der Waals surface area contributed by atoms with Crippen LogP contribution >= 0.6 is 0 Å². The zero-order chi connectivity index (χ0) is 15.8. The van der Waals surface area contributed by atoms with Gasteiger partial charge in [-0.3, -0.25) is 4.79 Å². The minimum absolute atomic E-state index is 0.0723. The number of halogens is 4. The lowest BCUT2D eigenvalue weighted by Gasteiger charge is -2.10. The second kappa shape index (κ2) is 5.31. The van der Waals surface area contributed by atoms with Crippen LogP contribution in [-0.4, -0.2) is 9.97 Å². The highest BCUT2D eigenvalue weighted by Crippen LogP contribution is 2.33. The third-order valence-corrected chi connectivity index (χ3v) is 2.88. The van der Waals surface area contributed by atoms with E-state index in [0.29, 0.717) is 11.9 Å². The number of H-pyrrole nitrogens is 1. The summed E-state index contributed by atoms with van der Waals surface area (Å²) >= 11 is 0. The zero-order valence-corrected chi connectivity index (χ0v) is 11.3. The Morgan fingerprint density at radius 1 is 1.19 bits per heavy atom. The molecule has 2 rings (SSSR count). The molecule has 0 saturated carbocycles. The van der Waals surface area contributed by atoms with Crippen molar-refractivity contribution in [2.45, 2.75) is 25.9 Å². The van der Waals surface area contributed by atoms with Crippen molar-refractivity contribution in [1.29, 1.82) is 0 Å². The summed E-state index contributed by atoms with van der Waals surface area (Å²) < 4.78 is 51.1. The molecule has 0 saturated heterocycles. The molecule has 21 heavy (non-hydrogen) atoms. The fourth-order valence-electron chi connectivity index (χ4n) is 1.80. The van der Waals surface area contributed by atoms with E-state index in [0.717, 1.165) is 18.2 Å². The van der Waals surface area contributed by atoms with E-state index in [1.54, 1.807) is 13.8 Å². The van der Waals surface area contributed by atoms with Gasteiger partial charge < -0.3 is 4.98 Å². The largest absolute Gasteiger partial charge is 0.419 e. The van der Waals surface area contributed by atoms with E-state index < -0.39 is 23.1 Å². The van der Waals surface area contributed by atoms with Crippen molar-refractivity contribution in [3.05, 3.63) is 51.8 Å². The van der Waals surface area contributed by atoms with Gasteiger partial charge in [-0.15, -0.1) is 0 Å². The van der Waals surface area contributed by atoms with E-state index >= 15 is 0 Å². The number of rotatable bonds is 2. The molecule has 0 amide bonds. The first kappa shape index (κ1) is 15.2. The van der Waals surface area contributed by atoms with E-state index in [2.05, 4.69) is 9.97 Å². The van der Waals surface area contributed by atoms with Gasteiger partial charge in [0.25, 0.3) is 5.56 Å². The predicted molar refractivity (Wildman–Crippen MR) is 69.3 cm³/mol. The van der Waals surface area contributed by atoms with Gasteiger partial charge in [-0.1, -0.05) is 19.9 Å². The van der Waals surface area contributed by atoms with Crippen molar-refractivity contribution >= 4 is 0 Å². The highest BCUT2D eigenvalue weighted by atomic mass is 19.4. The van der Waals surface area contributed by atoms with Crippen molar-refractivity contribution in [1.82, 2.24) is 9.97 Å². The summed E-state index contributed by atoms with van der Waals surface area (Å²) in [7, 11) is 0. The molecule has 0 aliphatic rings. The summed E-state index contributed by atoms with van der Waals surface area (Å²) in [5, 5.41) is 0. The third-order valence-electron chi connectivity index (χ3n) is 2.88. The quantitative estimate of drug-likeness (QED) is 0.859. The fraction of sp³-hybridized carbons (Fsp3) is 0.286. The first-order valence-electron chi connectivity index (χ1n) is 6.17. The van der Waals surface area contributed by atoms with Gasteiger partial charge in [-0.25, -0.2) is 9.37 Å². The normalized spacial score (nSPS) is 12.0. The Kier molecular flexibility index (Phi) is 3.85. The average Bonchev–Trinajstić information content (AvgIpc) is 2.36. The van der Waals surface area contributed by atoms with E-state index in [-0.39, 0.29) is 17.2 Å². The topological polar surface area (TPSA) is 45.8 Å².